The van der Waals surface area contributed by atoms with Crippen molar-refractivity contribution >= 4 is 15.7 Å². The van der Waals surface area contributed by atoms with Gasteiger partial charge in [0.25, 0.3) is 10.0 Å². The molecule has 7 heteroatoms. The quantitative estimate of drug-likeness (QED) is 0.847. The molecule has 0 bridgehead atoms. The predicted octanol–water partition coefficient (Wildman–Crippen LogP) is 1.57. The molecule has 0 aliphatic carbocycles. The smallest absolute Gasteiger partial charge is 0.281 e. The monoisotopic (exact) mass is 308 g/mol. The summed E-state index contributed by atoms with van der Waals surface area (Å²) in [6.07, 6.45) is 1.93. The zero-order chi connectivity index (χ0) is 15.5. The molecule has 3 N–H and O–H groups in total. The minimum absolute atomic E-state index is 0.0950. The molecule has 0 saturated heterocycles. The van der Waals surface area contributed by atoms with Crippen LogP contribution in [0.25, 0.3) is 0 Å². The van der Waals surface area contributed by atoms with Gasteiger partial charge in [0.2, 0.25) is 0 Å². The Bertz CT molecular complexity index is 692. The zero-order valence-electron chi connectivity index (χ0n) is 12.2. The number of nitrogens with zero attached hydrogens (tertiary/aromatic N) is 2. The van der Waals surface area contributed by atoms with Gasteiger partial charge in [0, 0.05) is 6.54 Å². The van der Waals surface area contributed by atoms with Crippen molar-refractivity contribution in [2.24, 2.45) is 5.73 Å². The first kappa shape index (κ1) is 15.5. The summed E-state index contributed by atoms with van der Waals surface area (Å²) in [6, 6.07) is 7.37. The highest BCUT2D eigenvalue weighted by molar-refractivity contribution is 7.92. The number of sulfonamides is 1. The number of nitrogens with two attached hydrogens (primary N) is 1. The van der Waals surface area contributed by atoms with Crippen LogP contribution in [0.15, 0.2) is 35.5 Å². The van der Waals surface area contributed by atoms with Gasteiger partial charge in [-0.25, -0.2) is 4.98 Å². The second-order valence-electron chi connectivity index (χ2n) is 4.89. The van der Waals surface area contributed by atoms with E-state index in [0.717, 1.165) is 5.56 Å². The summed E-state index contributed by atoms with van der Waals surface area (Å²) >= 11 is 0. The molecule has 1 heterocycles. The van der Waals surface area contributed by atoms with E-state index in [4.69, 9.17) is 5.73 Å². The normalized spacial score (nSPS) is 11.6. The Kier molecular flexibility index (Phi) is 4.64. The van der Waals surface area contributed by atoms with E-state index in [2.05, 4.69) is 9.97 Å². The van der Waals surface area contributed by atoms with E-state index < -0.39 is 10.0 Å². The third kappa shape index (κ3) is 3.43. The van der Waals surface area contributed by atoms with E-state index in [-0.39, 0.29) is 5.03 Å². The van der Waals surface area contributed by atoms with Crippen molar-refractivity contribution in [1.82, 2.24) is 9.97 Å². The van der Waals surface area contributed by atoms with Crippen LogP contribution in [0.5, 0.6) is 0 Å². The number of H-pyrrole nitrogens is 1. The van der Waals surface area contributed by atoms with E-state index in [1.54, 1.807) is 19.1 Å². The average Bonchev–Trinajstić information content (AvgIpc) is 2.88. The van der Waals surface area contributed by atoms with E-state index in [1.807, 2.05) is 19.1 Å². The molecule has 0 spiro atoms. The summed E-state index contributed by atoms with van der Waals surface area (Å²) in [5.41, 5.74) is 7.23. The summed E-state index contributed by atoms with van der Waals surface area (Å²) in [6.45, 7) is 4.44. The molecule has 6 nitrogen and oxygen atoms in total. The lowest BCUT2D eigenvalue weighted by Crippen LogP contribution is -2.33. The number of aromatic nitrogens is 2. The van der Waals surface area contributed by atoms with E-state index in [0.29, 0.717) is 31.0 Å². The highest BCUT2D eigenvalue weighted by Crippen LogP contribution is 2.23. The molecular formula is C14H20N4O2S. The van der Waals surface area contributed by atoms with Crippen LogP contribution in [0.2, 0.25) is 0 Å². The summed E-state index contributed by atoms with van der Waals surface area (Å²) in [7, 11) is -3.66. The van der Waals surface area contributed by atoms with Crippen LogP contribution < -0.4 is 10.0 Å². The molecule has 0 radical (unpaired) electrons. The van der Waals surface area contributed by atoms with E-state index in [1.165, 1.54) is 10.5 Å². The number of hydrogen-bond acceptors (Lipinski definition) is 4. The van der Waals surface area contributed by atoms with Crippen molar-refractivity contribution in [3.63, 3.8) is 0 Å². The average molecular weight is 308 g/mol. The van der Waals surface area contributed by atoms with Crippen molar-refractivity contribution in [3.8, 4) is 0 Å². The number of aromatic amines is 1. The molecule has 1 aromatic carbocycles. The lowest BCUT2D eigenvalue weighted by Gasteiger charge is -2.23. The molecule has 1 aromatic heterocycles. The van der Waals surface area contributed by atoms with Gasteiger partial charge < -0.3 is 10.7 Å². The van der Waals surface area contributed by atoms with Gasteiger partial charge in [0.15, 0.2) is 5.03 Å². The minimum Gasteiger partial charge on any atom is -0.332 e. The predicted molar refractivity (Wildman–Crippen MR) is 82.7 cm³/mol. The molecule has 0 aliphatic heterocycles. The van der Waals surface area contributed by atoms with Crippen LogP contribution >= 0.6 is 0 Å². The number of aryl methyl sites for hydroxylation is 2. The lowest BCUT2D eigenvalue weighted by atomic mass is 10.2. The van der Waals surface area contributed by atoms with E-state index >= 15 is 0 Å². The Morgan fingerprint density at radius 3 is 2.43 bits per heavy atom. The summed E-state index contributed by atoms with van der Waals surface area (Å²) in [5.74, 6) is 0.566. The van der Waals surface area contributed by atoms with Gasteiger partial charge in [0.1, 0.15) is 5.82 Å². The fourth-order valence-electron chi connectivity index (χ4n) is 1.98. The minimum atomic E-state index is -3.66. The maximum absolute atomic E-state index is 12.8. The van der Waals surface area contributed by atoms with Crippen molar-refractivity contribution < 1.29 is 8.42 Å². The number of imidazole rings is 1. The highest BCUT2D eigenvalue weighted by Gasteiger charge is 2.26. The Balaban J connectivity index is 2.42. The Labute approximate surface area is 125 Å². The van der Waals surface area contributed by atoms with Gasteiger partial charge in [-0.15, -0.1) is 0 Å². The molecule has 21 heavy (non-hydrogen) atoms. The molecule has 114 valence electrons. The standard InChI is InChI=1S/C14H20N4O2S/c1-11-4-6-13(7-5-11)18(9-3-8-15)21(19,20)14-10-16-12(2)17-14/h4-7,10H,3,8-9,15H2,1-2H3,(H,16,17). The molecule has 0 unspecified atom stereocenters. The summed E-state index contributed by atoms with van der Waals surface area (Å²) < 4.78 is 26.9. The number of rotatable bonds is 6. The van der Waals surface area contributed by atoms with Crippen LogP contribution in [0.1, 0.15) is 17.8 Å². The maximum Gasteiger partial charge on any atom is 0.281 e. The maximum atomic E-state index is 12.8. The van der Waals surface area contributed by atoms with Crippen molar-refractivity contribution in [2.45, 2.75) is 25.3 Å². The van der Waals surface area contributed by atoms with Crippen molar-refractivity contribution in [3.05, 3.63) is 41.9 Å². The molecule has 0 fully saturated rings. The first-order chi connectivity index (χ1) is 9.95. The van der Waals surface area contributed by atoms with Crippen LogP contribution in [-0.4, -0.2) is 31.5 Å². The first-order valence-electron chi connectivity index (χ1n) is 6.76. The van der Waals surface area contributed by atoms with Crippen molar-refractivity contribution in [1.29, 1.82) is 0 Å². The fraction of sp³-hybridized carbons (Fsp3) is 0.357. The number of anilines is 1. The summed E-state index contributed by atoms with van der Waals surface area (Å²) in [5, 5.41) is 0.0950. The highest BCUT2D eigenvalue weighted by atomic mass is 32.2. The molecule has 0 amide bonds. The number of nitrogens with one attached hydrogen (secondary N) is 1. The first-order valence-corrected chi connectivity index (χ1v) is 8.20. The fourth-order valence-corrected chi connectivity index (χ4v) is 3.45. The Hall–Kier alpha value is -1.86. The molecule has 0 aliphatic rings. The van der Waals surface area contributed by atoms with Gasteiger partial charge in [0.05, 0.1) is 11.9 Å². The third-order valence-corrected chi connectivity index (χ3v) is 4.87. The molecular weight excluding hydrogens is 288 g/mol. The topological polar surface area (TPSA) is 92.1 Å². The van der Waals surface area contributed by atoms with Gasteiger partial charge in [-0.3, -0.25) is 4.31 Å². The molecule has 0 saturated carbocycles. The van der Waals surface area contributed by atoms with E-state index in [9.17, 15) is 8.42 Å². The van der Waals surface area contributed by atoms with Crippen LogP contribution in [0.3, 0.4) is 0 Å². The second kappa shape index (κ2) is 6.28. The molecule has 0 atom stereocenters. The Morgan fingerprint density at radius 1 is 1.24 bits per heavy atom. The zero-order valence-corrected chi connectivity index (χ0v) is 13.0. The molecule has 2 aromatic rings. The van der Waals surface area contributed by atoms with Crippen LogP contribution in [-0.2, 0) is 10.0 Å². The van der Waals surface area contributed by atoms with Gasteiger partial charge in [-0.05, 0) is 38.9 Å². The second-order valence-corrected chi connectivity index (χ2v) is 6.72. The lowest BCUT2D eigenvalue weighted by molar-refractivity contribution is 0.586. The van der Waals surface area contributed by atoms with Crippen LogP contribution in [0, 0.1) is 13.8 Å². The summed E-state index contributed by atoms with van der Waals surface area (Å²) in [4.78, 5) is 6.75. The Morgan fingerprint density at radius 2 is 1.90 bits per heavy atom. The van der Waals surface area contributed by atoms with Crippen LogP contribution in [0.4, 0.5) is 5.69 Å². The number of hydrogen-bond donors (Lipinski definition) is 2. The van der Waals surface area contributed by atoms with Gasteiger partial charge in [-0.1, -0.05) is 17.7 Å². The molecule has 2 rings (SSSR count). The SMILES string of the molecule is Cc1ccc(N(CCCN)S(=O)(=O)c2cnc(C)[nH]2)cc1. The van der Waals surface area contributed by atoms with Crippen molar-refractivity contribution in [2.75, 3.05) is 17.4 Å². The number of benzene rings is 1. The van der Waals surface area contributed by atoms with Gasteiger partial charge >= 0.3 is 0 Å². The third-order valence-electron chi connectivity index (χ3n) is 3.13. The van der Waals surface area contributed by atoms with Gasteiger partial charge in [-0.2, -0.15) is 8.42 Å². The largest absolute Gasteiger partial charge is 0.332 e.